The van der Waals surface area contributed by atoms with E-state index in [0.29, 0.717) is 11.3 Å². The minimum atomic E-state index is -0.793. The number of halogens is 1. The molecule has 0 aliphatic rings. The lowest BCUT2D eigenvalue weighted by molar-refractivity contribution is 0.108. The molecule has 2 N–H and O–H groups in total. The molecular weight excluding hydrogens is 438 g/mol. The number of aryl methyl sites for hydroxylation is 2. The molecule has 0 fully saturated rings. The number of ether oxygens (including phenoxy) is 1. The largest absolute Gasteiger partial charge is 0.491 e. The summed E-state index contributed by atoms with van der Waals surface area (Å²) in [5.41, 5.74) is 4.65. The van der Waals surface area contributed by atoms with Gasteiger partial charge in [0.25, 0.3) is 0 Å². The number of benzene rings is 3. The summed E-state index contributed by atoms with van der Waals surface area (Å²) in [4.78, 5) is 12.1. The van der Waals surface area contributed by atoms with Gasteiger partial charge in [-0.3, -0.25) is 9.13 Å². The quantitative estimate of drug-likeness (QED) is 0.367. The fourth-order valence-electron chi connectivity index (χ4n) is 3.82. The molecule has 0 radical (unpaired) electrons. The van der Waals surface area contributed by atoms with Crippen molar-refractivity contribution in [1.82, 2.24) is 14.5 Å². The first-order valence-electron chi connectivity index (χ1n) is 10.9. The van der Waals surface area contributed by atoms with E-state index in [-0.39, 0.29) is 12.3 Å². The topological polar surface area (TPSA) is 68.4 Å². The maximum atomic E-state index is 12.1. The second kappa shape index (κ2) is 10.3. The zero-order valence-electron chi connectivity index (χ0n) is 18.8. The Balaban J connectivity index is 1.26. The Morgan fingerprint density at radius 2 is 1.61 bits per heavy atom. The molecule has 0 spiro atoms. The molecule has 4 aromatic rings. The van der Waals surface area contributed by atoms with Crippen LogP contribution in [0.15, 0.2) is 71.5 Å². The number of rotatable bonds is 9. The van der Waals surface area contributed by atoms with E-state index in [1.807, 2.05) is 66.7 Å². The highest BCUT2D eigenvalue weighted by Crippen LogP contribution is 2.21. The van der Waals surface area contributed by atoms with Crippen molar-refractivity contribution in [1.29, 1.82) is 0 Å². The van der Waals surface area contributed by atoms with Crippen LogP contribution in [0.25, 0.3) is 11.0 Å². The van der Waals surface area contributed by atoms with E-state index in [2.05, 4.69) is 5.32 Å². The van der Waals surface area contributed by atoms with Crippen LogP contribution in [0.1, 0.15) is 22.8 Å². The highest BCUT2D eigenvalue weighted by Gasteiger charge is 2.13. The molecule has 0 aliphatic heterocycles. The highest BCUT2D eigenvalue weighted by molar-refractivity contribution is 6.30. The highest BCUT2D eigenvalue weighted by atomic mass is 35.5. The zero-order valence-corrected chi connectivity index (χ0v) is 19.5. The van der Waals surface area contributed by atoms with Crippen LogP contribution in [0.2, 0.25) is 5.02 Å². The number of imidazole rings is 1. The number of fused-ring (bicyclic) bond motifs is 1. The van der Waals surface area contributed by atoms with Crippen molar-refractivity contribution in [3.05, 3.63) is 98.9 Å². The molecule has 1 heterocycles. The molecule has 7 heteroatoms. The van der Waals surface area contributed by atoms with Gasteiger partial charge in [0, 0.05) is 25.7 Å². The van der Waals surface area contributed by atoms with Crippen molar-refractivity contribution in [2.24, 2.45) is 14.1 Å². The van der Waals surface area contributed by atoms with Gasteiger partial charge in [0.2, 0.25) is 0 Å². The van der Waals surface area contributed by atoms with Crippen molar-refractivity contribution in [3.63, 3.8) is 0 Å². The first-order chi connectivity index (χ1) is 15.9. The summed E-state index contributed by atoms with van der Waals surface area (Å²) < 4.78 is 8.96. The minimum absolute atomic E-state index is 0.0903. The van der Waals surface area contributed by atoms with Gasteiger partial charge in [-0.25, -0.2) is 4.79 Å². The SMILES string of the molecule is Cn1c(=O)n(C)c2cc([C@@H](O)COc3ccc(CNCCc4ccc(Cl)cc4)cc3)ccc21. The van der Waals surface area contributed by atoms with Crippen molar-refractivity contribution in [3.8, 4) is 5.75 Å². The van der Waals surface area contributed by atoms with E-state index in [1.54, 1.807) is 23.2 Å². The van der Waals surface area contributed by atoms with Crippen LogP contribution in [0.3, 0.4) is 0 Å². The Bertz CT molecular complexity index is 1280. The predicted octanol–water partition coefficient (Wildman–Crippen LogP) is 3.98. The summed E-state index contributed by atoms with van der Waals surface area (Å²) >= 11 is 5.92. The lowest BCUT2D eigenvalue weighted by atomic mass is 10.1. The molecule has 4 rings (SSSR count). The van der Waals surface area contributed by atoms with Gasteiger partial charge >= 0.3 is 5.69 Å². The maximum absolute atomic E-state index is 12.1. The number of aliphatic hydroxyl groups excluding tert-OH is 1. The van der Waals surface area contributed by atoms with Crippen LogP contribution in [0.5, 0.6) is 5.75 Å². The molecule has 1 aromatic heterocycles. The molecule has 0 saturated heterocycles. The molecule has 0 saturated carbocycles. The van der Waals surface area contributed by atoms with E-state index in [4.69, 9.17) is 16.3 Å². The Labute approximate surface area is 198 Å². The molecule has 172 valence electrons. The molecule has 0 aliphatic carbocycles. The van der Waals surface area contributed by atoms with Crippen LogP contribution in [-0.2, 0) is 27.1 Å². The number of nitrogens with one attached hydrogen (secondary N) is 1. The van der Waals surface area contributed by atoms with Crippen LogP contribution < -0.4 is 15.7 Å². The van der Waals surface area contributed by atoms with Gasteiger partial charge in [0.15, 0.2) is 0 Å². The van der Waals surface area contributed by atoms with Gasteiger partial charge in [-0.05, 0) is 66.1 Å². The third-order valence-electron chi connectivity index (χ3n) is 5.84. The lowest BCUT2D eigenvalue weighted by Gasteiger charge is -2.14. The van der Waals surface area contributed by atoms with Crippen molar-refractivity contribution >= 4 is 22.6 Å². The second-order valence-corrected chi connectivity index (χ2v) is 8.61. The van der Waals surface area contributed by atoms with Gasteiger partial charge in [-0.1, -0.05) is 41.9 Å². The van der Waals surface area contributed by atoms with E-state index < -0.39 is 6.10 Å². The Kier molecular flexibility index (Phi) is 7.18. The van der Waals surface area contributed by atoms with E-state index in [1.165, 1.54) is 5.56 Å². The van der Waals surface area contributed by atoms with Crippen molar-refractivity contribution in [2.45, 2.75) is 19.1 Å². The molecule has 3 aromatic carbocycles. The minimum Gasteiger partial charge on any atom is -0.491 e. The van der Waals surface area contributed by atoms with Crippen LogP contribution in [0.4, 0.5) is 0 Å². The van der Waals surface area contributed by atoms with Crippen LogP contribution in [-0.4, -0.2) is 27.4 Å². The third-order valence-corrected chi connectivity index (χ3v) is 6.10. The Morgan fingerprint density at radius 1 is 0.939 bits per heavy atom. The average molecular weight is 466 g/mol. The van der Waals surface area contributed by atoms with Gasteiger partial charge in [-0.15, -0.1) is 0 Å². The number of hydrogen-bond acceptors (Lipinski definition) is 4. The average Bonchev–Trinajstić information content (AvgIpc) is 3.05. The Hall–Kier alpha value is -3.06. The predicted molar refractivity (Wildman–Crippen MR) is 132 cm³/mol. The van der Waals surface area contributed by atoms with Crippen molar-refractivity contribution < 1.29 is 9.84 Å². The maximum Gasteiger partial charge on any atom is 0.328 e. The van der Waals surface area contributed by atoms with Gasteiger partial charge in [0.05, 0.1) is 11.0 Å². The van der Waals surface area contributed by atoms with Gasteiger partial charge in [0.1, 0.15) is 18.5 Å². The lowest BCUT2D eigenvalue weighted by Crippen LogP contribution is -2.19. The van der Waals surface area contributed by atoms with Crippen LogP contribution >= 0.6 is 11.6 Å². The van der Waals surface area contributed by atoms with E-state index >= 15 is 0 Å². The second-order valence-electron chi connectivity index (χ2n) is 8.17. The summed E-state index contributed by atoms with van der Waals surface area (Å²) in [5.74, 6) is 0.701. The number of hydrogen-bond donors (Lipinski definition) is 2. The molecule has 6 nitrogen and oxygen atoms in total. The summed E-state index contributed by atoms with van der Waals surface area (Å²) in [5, 5.41) is 14.8. The molecule has 0 unspecified atom stereocenters. The first kappa shape index (κ1) is 23.1. The molecule has 0 amide bonds. The summed E-state index contributed by atoms with van der Waals surface area (Å²) in [6.45, 7) is 1.78. The van der Waals surface area contributed by atoms with Gasteiger partial charge < -0.3 is 15.2 Å². The van der Waals surface area contributed by atoms with E-state index in [0.717, 1.165) is 41.1 Å². The molecular formula is C26H28ClN3O3. The number of aliphatic hydroxyl groups is 1. The van der Waals surface area contributed by atoms with Gasteiger partial charge in [-0.2, -0.15) is 0 Å². The van der Waals surface area contributed by atoms with Crippen molar-refractivity contribution in [2.75, 3.05) is 13.2 Å². The zero-order chi connectivity index (χ0) is 23.4. The summed E-state index contributed by atoms with van der Waals surface area (Å²) in [6.07, 6.45) is 0.151. The summed E-state index contributed by atoms with van der Waals surface area (Å²) in [6, 6.07) is 21.3. The normalized spacial score (nSPS) is 12.2. The first-order valence-corrected chi connectivity index (χ1v) is 11.3. The number of nitrogens with zero attached hydrogens (tertiary/aromatic N) is 2. The monoisotopic (exact) mass is 465 g/mol. The fraction of sp³-hybridized carbons (Fsp3) is 0.269. The van der Waals surface area contributed by atoms with Crippen LogP contribution in [0, 0.1) is 0 Å². The Morgan fingerprint density at radius 3 is 2.33 bits per heavy atom. The summed E-state index contributed by atoms with van der Waals surface area (Å²) in [7, 11) is 3.47. The third kappa shape index (κ3) is 5.47. The standard InChI is InChI=1S/C26H28ClN3O3/c1-29-23-12-7-20(15-24(23)30(2)26(29)32)25(31)17-33-22-10-5-19(6-11-22)16-28-14-13-18-3-8-21(27)9-4-18/h3-12,15,25,28,31H,13-14,16-17H2,1-2H3/t25-/m0/s1. The molecule has 0 bridgehead atoms. The van der Waals surface area contributed by atoms with E-state index in [9.17, 15) is 9.90 Å². The smallest absolute Gasteiger partial charge is 0.328 e. The number of aromatic nitrogens is 2. The fourth-order valence-corrected chi connectivity index (χ4v) is 3.95. The molecule has 1 atom stereocenters. The molecule has 33 heavy (non-hydrogen) atoms.